The summed E-state index contributed by atoms with van der Waals surface area (Å²) in [6.45, 7) is 5.50. The van der Waals surface area contributed by atoms with E-state index < -0.39 is 0 Å². The lowest BCUT2D eigenvalue weighted by Crippen LogP contribution is -2.49. The van der Waals surface area contributed by atoms with Gasteiger partial charge < -0.3 is 4.90 Å². The largest absolute Gasteiger partial charge is 0.338 e. The van der Waals surface area contributed by atoms with Crippen molar-refractivity contribution in [1.29, 1.82) is 5.26 Å². The van der Waals surface area contributed by atoms with Crippen LogP contribution in [0, 0.1) is 11.3 Å². The lowest BCUT2D eigenvalue weighted by Gasteiger charge is -2.35. The minimum absolute atomic E-state index is 0.00107. The molecule has 1 aliphatic rings. The predicted molar refractivity (Wildman–Crippen MR) is 60.9 cm³/mol. The molecule has 1 fully saturated rings. The minimum atomic E-state index is -0.00107. The molecule has 0 saturated carbocycles. The van der Waals surface area contributed by atoms with Gasteiger partial charge in [0.15, 0.2) is 0 Å². The third-order valence-electron chi connectivity index (χ3n) is 2.88. The van der Waals surface area contributed by atoms with Crippen molar-refractivity contribution in [3.63, 3.8) is 0 Å². The van der Waals surface area contributed by atoms with E-state index in [0.29, 0.717) is 0 Å². The normalized spacial score (nSPS) is 19.1. The third kappa shape index (κ3) is 2.28. The molecule has 1 aromatic heterocycles. The average molecular weight is 217 g/mol. The molecule has 2 heterocycles. The number of piperazine rings is 1. The van der Waals surface area contributed by atoms with E-state index in [-0.39, 0.29) is 6.04 Å². The Morgan fingerprint density at radius 3 is 2.44 bits per heavy atom. The molecule has 0 radical (unpaired) electrons. The second-order valence-corrected chi connectivity index (χ2v) is 3.88. The van der Waals surface area contributed by atoms with Crippen molar-refractivity contribution in [1.82, 2.24) is 14.9 Å². The zero-order valence-corrected chi connectivity index (χ0v) is 9.37. The van der Waals surface area contributed by atoms with Crippen LogP contribution in [0.4, 0.5) is 5.95 Å². The van der Waals surface area contributed by atoms with Gasteiger partial charge in [0, 0.05) is 38.6 Å². The van der Waals surface area contributed by atoms with Crippen LogP contribution in [-0.4, -0.2) is 47.1 Å². The van der Waals surface area contributed by atoms with Crippen molar-refractivity contribution in [2.45, 2.75) is 13.0 Å². The summed E-state index contributed by atoms with van der Waals surface area (Å²) in [5.41, 5.74) is 0. The maximum atomic E-state index is 8.84. The summed E-state index contributed by atoms with van der Waals surface area (Å²) in [7, 11) is 0. The van der Waals surface area contributed by atoms with E-state index in [2.05, 4.69) is 25.8 Å². The molecule has 0 aromatic carbocycles. The minimum Gasteiger partial charge on any atom is -0.338 e. The highest BCUT2D eigenvalue weighted by molar-refractivity contribution is 5.29. The fourth-order valence-corrected chi connectivity index (χ4v) is 1.85. The Morgan fingerprint density at radius 1 is 1.25 bits per heavy atom. The van der Waals surface area contributed by atoms with E-state index in [0.717, 1.165) is 32.1 Å². The van der Waals surface area contributed by atoms with E-state index in [1.165, 1.54) is 0 Å². The van der Waals surface area contributed by atoms with E-state index in [9.17, 15) is 0 Å². The van der Waals surface area contributed by atoms with Crippen molar-refractivity contribution in [3.8, 4) is 6.07 Å². The smallest absolute Gasteiger partial charge is 0.225 e. The van der Waals surface area contributed by atoms with Gasteiger partial charge in [-0.25, -0.2) is 9.97 Å². The van der Waals surface area contributed by atoms with Crippen LogP contribution >= 0.6 is 0 Å². The molecule has 1 atom stereocenters. The van der Waals surface area contributed by atoms with Crippen LogP contribution in [0.2, 0.25) is 0 Å². The van der Waals surface area contributed by atoms with Crippen LogP contribution in [0.1, 0.15) is 6.92 Å². The quantitative estimate of drug-likeness (QED) is 0.722. The van der Waals surface area contributed by atoms with E-state index >= 15 is 0 Å². The summed E-state index contributed by atoms with van der Waals surface area (Å²) in [4.78, 5) is 12.8. The Morgan fingerprint density at radius 2 is 1.88 bits per heavy atom. The first kappa shape index (κ1) is 10.8. The van der Waals surface area contributed by atoms with Gasteiger partial charge in [0.25, 0.3) is 0 Å². The molecule has 0 N–H and O–H groups in total. The van der Waals surface area contributed by atoms with Gasteiger partial charge in [0.05, 0.1) is 12.1 Å². The zero-order chi connectivity index (χ0) is 11.4. The molecule has 0 amide bonds. The van der Waals surface area contributed by atoms with Gasteiger partial charge in [0.1, 0.15) is 0 Å². The maximum Gasteiger partial charge on any atom is 0.225 e. The molecule has 0 unspecified atom stereocenters. The maximum absolute atomic E-state index is 8.84. The average Bonchev–Trinajstić information content (AvgIpc) is 2.39. The SMILES string of the molecule is C[C@H](C#N)N1CCN(c2ncccn2)CC1. The summed E-state index contributed by atoms with van der Waals surface area (Å²) in [6, 6.07) is 4.08. The van der Waals surface area contributed by atoms with Gasteiger partial charge in [-0.15, -0.1) is 0 Å². The van der Waals surface area contributed by atoms with Crippen LogP contribution in [-0.2, 0) is 0 Å². The van der Waals surface area contributed by atoms with Gasteiger partial charge in [-0.2, -0.15) is 5.26 Å². The highest BCUT2D eigenvalue weighted by atomic mass is 15.3. The second kappa shape index (κ2) is 4.90. The highest BCUT2D eigenvalue weighted by Crippen LogP contribution is 2.11. The predicted octanol–water partition coefficient (Wildman–Crippen LogP) is 0.511. The summed E-state index contributed by atoms with van der Waals surface area (Å²) in [5, 5.41) is 8.84. The van der Waals surface area contributed by atoms with Crippen LogP contribution in [0.5, 0.6) is 0 Å². The molecule has 1 aliphatic heterocycles. The van der Waals surface area contributed by atoms with Crippen LogP contribution in [0.25, 0.3) is 0 Å². The van der Waals surface area contributed by atoms with Crippen molar-refractivity contribution in [3.05, 3.63) is 18.5 Å². The zero-order valence-electron chi connectivity index (χ0n) is 9.37. The fraction of sp³-hybridized carbons (Fsp3) is 0.545. The first-order valence-corrected chi connectivity index (χ1v) is 5.47. The van der Waals surface area contributed by atoms with Crippen LogP contribution < -0.4 is 4.90 Å². The van der Waals surface area contributed by atoms with Crippen molar-refractivity contribution >= 4 is 5.95 Å². The third-order valence-corrected chi connectivity index (χ3v) is 2.88. The molecule has 0 spiro atoms. The van der Waals surface area contributed by atoms with Crippen LogP contribution in [0.15, 0.2) is 18.5 Å². The number of anilines is 1. The number of hydrogen-bond donors (Lipinski definition) is 0. The lowest BCUT2D eigenvalue weighted by atomic mass is 10.2. The van der Waals surface area contributed by atoms with Crippen LogP contribution in [0.3, 0.4) is 0 Å². The number of nitrogens with zero attached hydrogens (tertiary/aromatic N) is 5. The highest BCUT2D eigenvalue weighted by Gasteiger charge is 2.21. The topological polar surface area (TPSA) is 56.1 Å². The molecular weight excluding hydrogens is 202 g/mol. The molecule has 1 aromatic rings. The Bertz CT molecular complexity index is 364. The van der Waals surface area contributed by atoms with E-state index in [1.54, 1.807) is 12.4 Å². The Kier molecular flexibility index (Phi) is 3.32. The van der Waals surface area contributed by atoms with E-state index in [4.69, 9.17) is 5.26 Å². The van der Waals surface area contributed by atoms with Crippen molar-refractivity contribution in [2.24, 2.45) is 0 Å². The monoisotopic (exact) mass is 217 g/mol. The number of aromatic nitrogens is 2. The summed E-state index contributed by atoms with van der Waals surface area (Å²) in [6.07, 6.45) is 3.51. The molecule has 0 bridgehead atoms. The van der Waals surface area contributed by atoms with Gasteiger partial charge in [0.2, 0.25) is 5.95 Å². The first-order chi connectivity index (χ1) is 7.81. The fourth-order valence-electron chi connectivity index (χ4n) is 1.85. The molecule has 16 heavy (non-hydrogen) atoms. The molecular formula is C11H15N5. The number of hydrogen-bond acceptors (Lipinski definition) is 5. The molecule has 84 valence electrons. The standard InChI is InChI=1S/C11H15N5/c1-10(9-12)15-5-7-16(8-6-15)11-13-3-2-4-14-11/h2-4,10H,5-8H2,1H3/t10-/m1/s1. The molecule has 5 nitrogen and oxygen atoms in total. The molecule has 5 heteroatoms. The summed E-state index contributed by atoms with van der Waals surface area (Å²) < 4.78 is 0. The van der Waals surface area contributed by atoms with E-state index in [1.807, 2.05) is 13.0 Å². The number of rotatable bonds is 2. The van der Waals surface area contributed by atoms with Gasteiger partial charge in [-0.1, -0.05) is 0 Å². The number of nitriles is 1. The Balaban J connectivity index is 1.94. The van der Waals surface area contributed by atoms with Gasteiger partial charge in [-0.05, 0) is 13.0 Å². The van der Waals surface area contributed by atoms with Gasteiger partial charge in [-0.3, -0.25) is 4.90 Å². The first-order valence-electron chi connectivity index (χ1n) is 5.47. The summed E-state index contributed by atoms with van der Waals surface area (Å²) in [5.74, 6) is 0.784. The van der Waals surface area contributed by atoms with Crippen molar-refractivity contribution in [2.75, 3.05) is 31.1 Å². The molecule has 2 rings (SSSR count). The Hall–Kier alpha value is -1.67. The molecule has 0 aliphatic carbocycles. The lowest BCUT2D eigenvalue weighted by molar-refractivity contribution is 0.230. The second-order valence-electron chi connectivity index (χ2n) is 3.88. The summed E-state index contributed by atoms with van der Waals surface area (Å²) >= 11 is 0. The molecule has 1 saturated heterocycles. The van der Waals surface area contributed by atoms with Crippen molar-refractivity contribution < 1.29 is 0 Å². The Labute approximate surface area is 95.3 Å². The van der Waals surface area contributed by atoms with Gasteiger partial charge >= 0.3 is 0 Å².